The summed E-state index contributed by atoms with van der Waals surface area (Å²) in [5.74, 6) is -0.497. The molecule has 1 amide bonds. The van der Waals surface area contributed by atoms with E-state index < -0.39 is 18.5 Å². The van der Waals surface area contributed by atoms with E-state index in [2.05, 4.69) is 15.4 Å². The molecule has 1 N–H and O–H groups in total. The molecule has 0 unspecified atom stereocenters. The minimum Gasteiger partial charge on any atom is -0.451 e. The maximum Gasteiger partial charge on any atom is 0.350 e. The molecule has 152 valence electrons. The fourth-order valence-electron chi connectivity index (χ4n) is 2.83. The standard InChI is InChI=1S/C21H18N4O3S2/c1-13-10-17(25(24-13)16-6-4-3-5-7-16)23-18(26)11-28-21(27)19-14(2)22-20(30-19)15-8-9-29-12-15/h3-10,12H,11H2,1-2H3,(H,23,26). The molecule has 30 heavy (non-hydrogen) atoms. The Labute approximate surface area is 181 Å². The third kappa shape index (κ3) is 4.32. The second-order valence-electron chi connectivity index (χ2n) is 6.49. The largest absolute Gasteiger partial charge is 0.451 e. The summed E-state index contributed by atoms with van der Waals surface area (Å²) in [4.78, 5) is 29.7. The summed E-state index contributed by atoms with van der Waals surface area (Å²) in [6.45, 7) is 3.19. The van der Waals surface area contributed by atoms with Gasteiger partial charge >= 0.3 is 5.97 Å². The molecule has 4 rings (SSSR count). The molecule has 9 heteroatoms. The van der Waals surface area contributed by atoms with Crippen molar-refractivity contribution in [2.45, 2.75) is 13.8 Å². The molecular formula is C21H18N4O3S2. The number of aryl methyl sites for hydroxylation is 2. The van der Waals surface area contributed by atoms with Gasteiger partial charge in [0.05, 0.1) is 17.1 Å². The minimum atomic E-state index is -0.561. The summed E-state index contributed by atoms with van der Waals surface area (Å²) in [7, 11) is 0. The molecule has 0 bridgehead atoms. The number of anilines is 1. The molecule has 3 heterocycles. The van der Waals surface area contributed by atoms with Crippen molar-refractivity contribution in [1.82, 2.24) is 14.8 Å². The van der Waals surface area contributed by atoms with Gasteiger partial charge in [0, 0.05) is 17.0 Å². The van der Waals surface area contributed by atoms with Crippen LogP contribution in [-0.4, -0.2) is 33.2 Å². The molecule has 0 saturated heterocycles. The second kappa shape index (κ2) is 8.60. The zero-order chi connectivity index (χ0) is 21.1. The highest BCUT2D eigenvalue weighted by atomic mass is 32.1. The Morgan fingerprint density at radius 1 is 1.17 bits per heavy atom. The number of esters is 1. The highest BCUT2D eigenvalue weighted by molar-refractivity contribution is 7.17. The first-order chi connectivity index (χ1) is 14.5. The number of benzene rings is 1. The van der Waals surface area contributed by atoms with Crippen molar-refractivity contribution in [3.05, 3.63) is 69.5 Å². The maximum atomic E-state index is 12.5. The van der Waals surface area contributed by atoms with E-state index in [1.54, 1.807) is 29.0 Å². The Kier molecular flexibility index (Phi) is 5.73. The van der Waals surface area contributed by atoms with Gasteiger partial charge < -0.3 is 10.1 Å². The zero-order valence-electron chi connectivity index (χ0n) is 16.3. The van der Waals surface area contributed by atoms with Crippen LogP contribution in [-0.2, 0) is 9.53 Å². The molecular weight excluding hydrogens is 420 g/mol. The number of amides is 1. The van der Waals surface area contributed by atoms with Crippen LogP contribution < -0.4 is 5.32 Å². The van der Waals surface area contributed by atoms with Crippen molar-refractivity contribution < 1.29 is 14.3 Å². The van der Waals surface area contributed by atoms with Crippen LogP contribution in [0.2, 0.25) is 0 Å². The summed E-state index contributed by atoms with van der Waals surface area (Å²) in [5.41, 5.74) is 3.13. The lowest BCUT2D eigenvalue weighted by Gasteiger charge is -2.09. The molecule has 3 aromatic heterocycles. The number of carbonyl (C=O) groups is 2. The highest BCUT2D eigenvalue weighted by Crippen LogP contribution is 2.29. The van der Waals surface area contributed by atoms with Gasteiger partial charge in [0.2, 0.25) is 0 Å². The van der Waals surface area contributed by atoms with Crippen LogP contribution in [0.1, 0.15) is 21.1 Å². The third-order valence-corrected chi connectivity index (χ3v) is 6.05. The fourth-order valence-corrected chi connectivity index (χ4v) is 4.50. The predicted molar refractivity (Wildman–Crippen MR) is 117 cm³/mol. The monoisotopic (exact) mass is 438 g/mol. The van der Waals surface area contributed by atoms with Gasteiger partial charge in [-0.3, -0.25) is 4.79 Å². The van der Waals surface area contributed by atoms with Crippen LogP contribution in [0.4, 0.5) is 5.82 Å². The van der Waals surface area contributed by atoms with Crippen LogP contribution in [0.25, 0.3) is 16.3 Å². The van der Waals surface area contributed by atoms with Gasteiger partial charge in [0.15, 0.2) is 6.61 Å². The van der Waals surface area contributed by atoms with Gasteiger partial charge in [-0.05, 0) is 37.4 Å². The van der Waals surface area contributed by atoms with Crippen LogP contribution in [0.3, 0.4) is 0 Å². The average molecular weight is 439 g/mol. The molecule has 1 aromatic carbocycles. The van der Waals surface area contributed by atoms with Crippen LogP contribution in [0.5, 0.6) is 0 Å². The van der Waals surface area contributed by atoms with Gasteiger partial charge in [-0.2, -0.15) is 16.4 Å². The Morgan fingerprint density at radius 2 is 1.97 bits per heavy atom. The van der Waals surface area contributed by atoms with Crippen molar-refractivity contribution in [2.75, 3.05) is 11.9 Å². The zero-order valence-corrected chi connectivity index (χ0v) is 17.9. The second-order valence-corrected chi connectivity index (χ2v) is 8.27. The first-order valence-electron chi connectivity index (χ1n) is 9.10. The molecule has 0 radical (unpaired) electrons. The number of hydrogen-bond acceptors (Lipinski definition) is 7. The molecule has 0 spiro atoms. The Hall–Kier alpha value is -3.30. The van der Waals surface area contributed by atoms with E-state index in [1.807, 2.05) is 54.1 Å². The Morgan fingerprint density at radius 3 is 2.70 bits per heavy atom. The van der Waals surface area contributed by atoms with Crippen LogP contribution >= 0.6 is 22.7 Å². The summed E-state index contributed by atoms with van der Waals surface area (Å²) in [5, 5.41) is 11.8. The van der Waals surface area contributed by atoms with Gasteiger partial charge in [-0.25, -0.2) is 14.5 Å². The number of carbonyl (C=O) groups excluding carboxylic acids is 2. The smallest absolute Gasteiger partial charge is 0.350 e. The number of nitrogens with one attached hydrogen (secondary N) is 1. The fraction of sp³-hybridized carbons (Fsp3) is 0.143. The molecule has 0 aliphatic carbocycles. The van der Waals surface area contributed by atoms with E-state index in [4.69, 9.17) is 4.74 Å². The first kappa shape index (κ1) is 20.0. The SMILES string of the molecule is Cc1cc(NC(=O)COC(=O)c2sc(-c3ccsc3)nc2C)n(-c2ccccc2)n1. The van der Waals surface area contributed by atoms with Crippen molar-refractivity contribution in [1.29, 1.82) is 0 Å². The molecule has 0 aliphatic heterocycles. The van der Waals surface area contributed by atoms with Gasteiger partial charge in [-0.15, -0.1) is 11.3 Å². The Balaban J connectivity index is 1.41. The third-order valence-electron chi connectivity index (χ3n) is 4.18. The predicted octanol–water partition coefficient (Wildman–Crippen LogP) is 4.47. The Bertz CT molecular complexity index is 1180. The lowest BCUT2D eigenvalue weighted by molar-refractivity contribution is -0.119. The number of thiophene rings is 1. The quantitative estimate of drug-likeness (QED) is 0.449. The number of hydrogen-bond donors (Lipinski definition) is 1. The number of aromatic nitrogens is 3. The number of ether oxygens (including phenoxy) is 1. The van der Waals surface area contributed by atoms with Crippen molar-refractivity contribution in [3.63, 3.8) is 0 Å². The lowest BCUT2D eigenvalue weighted by atomic mass is 10.3. The first-order valence-corrected chi connectivity index (χ1v) is 10.9. The van der Waals surface area contributed by atoms with E-state index in [0.717, 1.165) is 22.0 Å². The number of thiazole rings is 1. The number of nitrogens with zero attached hydrogens (tertiary/aromatic N) is 3. The molecule has 0 atom stereocenters. The number of para-hydroxylation sites is 1. The van der Waals surface area contributed by atoms with Gasteiger partial charge in [0.25, 0.3) is 5.91 Å². The molecule has 0 fully saturated rings. The summed E-state index contributed by atoms with van der Waals surface area (Å²) < 4.78 is 6.85. The van der Waals surface area contributed by atoms with E-state index >= 15 is 0 Å². The lowest BCUT2D eigenvalue weighted by Crippen LogP contribution is -2.22. The molecule has 0 aliphatic rings. The average Bonchev–Trinajstić information content (AvgIpc) is 3.47. The molecule has 4 aromatic rings. The number of rotatable bonds is 6. The normalized spacial score (nSPS) is 10.7. The van der Waals surface area contributed by atoms with Crippen molar-refractivity contribution >= 4 is 40.4 Å². The van der Waals surface area contributed by atoms with Crippen molar-refractivity contribution in [2.24, 2.45) is 0 Å². The summed E-state index contributed by atoms with van der Waals surface area (Å²) >= 11 is 2.82. The summed E-state index contributed by atoms with van der Waals surface area (Å²) in [6, 6.07) is 13.2. The van der Waals surface area contributed by atoms with E-state index in [9.17, 15) is 9.59 Å². The van der Waals surface area contributed by atoms with Gasteiger partial charge in [0.1, 0.15) is 15.7 Å². The molecule has 7 nitrogen and oxygen atoms in total. The van der Waals surface area contributed by atoms with Gasteiger partial charge in [-0.1, -0.05) is 18.2 Å². The van der Waals surface area contributed by atoms with E-state index in [-0.39, 0.29) is 0 Å². The molecule has 0 saturated carbocycles. The van der Waals surface area contributed by atoms with Crippen LogP contribution in [0, 0.1) is 13.8 Å². The highest BCUT2D eigenvalue weighted by Gasteiger charge is 2.19. The minimum absolute atomic E-state index is 0.397. The van der Waals surface area contributed by atoms with E-state index in [0.29, 0.717) is 16.4 Å². The summed E-state index contributed by atoms with van der Waals surface area (Å²) in [6.07, 6.45) is 0. The topological polar surface area (TPSA) is 86.1 Å². The van der Waals surface area contributed by atoms with E-state index in [1.165, 1.54) is 11.3 Å². The van der Waals surface area contributed by atoms with Crippen molar-refractivity contribution in [3.8, 4) is 16.3 Å². The maximum absolute atomic E-state index is 12.5. The van der Waals surface area contributed by atoms with Crippen LogP contribution in [0.15, 0.2) is 53.2 Å².